The molecule has 18 N–H and O–H groups in total. The molecule has 82 heavy (non-hydrogen) atoms. The summed E-state index contributed by atoms with van der Waals surface area (Å²) in [6.45, 7) is 0. The number of nitrogens with one attached hydrogen (secondary N) is 2. The van der Waals surface area contributed by atoms with Gasteiger partial charge in [0.1, 0.15) is 11.5 Å². The minimum absolute atomic E-state index is 0. The Morgan fingerprint density at radius 1 is 0.354 bits per heavy atom. The van der Waals surface area contributed by atoms with Crippen molar-refractivity contribution < 1.29 is 121 Å². The molecule has 0 bridgehead atoms. The molecule has 0 spiro atoms. The quantitative estimate of drug-likeness (QED) is 0.0676. The SMILES string of the molecule is O.O.O.O.O.O.O=C1C=CC=C/C1=C/NC(O)c1ccccc1O.O=C1C=CC=C/C1=C/NC(O)c1ccccc1O.[Cl-].[Cl-].[Co].[Co].c1ccc(-c2cccc(-c3ccccn3)n2)nc1.c1ccc(-c2cccc(-c3ccccn3)n2)nc1. The van der Waals surface area contributed by atoms with Crippen molar-refractivity contribution in [2.45, 2.75) is 12.5 Å². The van der Waals surface area contributed by atoms with Gasteiger partial charge in [-0.2, -0.15) is 0 Å². The molecule has 438 valence electrons. The summed E-state index contributed by atoms with van der Waals surface area (Å²) in [6, 6.07) is 47.9. The maximum Gasteiger partial charge on any atom is 0.187 e. The molecule has 0 saturated heterocycles. The van der Waals surface area contributed by atoms with Crippen molar-refractivity contribution in [1.82, 2.24) is 40.5 Å². The second-order valence-corrected chi connectivity index (χ2v) is 15.3. The first-order chi connectivity index (χ1) is 35.2. The van der Waals surface area contributed by atoms with Crippen molar-refractivity contribution in [3.8, 4) is 57.1 Å². The fourth-order valence-electron chi connectivity index (χ4n) is 6.65. The van der Waals surface area contributed by atoms with E-state index in [-0.39, 0.29) is 114 Å². The standard InChI is InChI=1S/2C15H11N3.2C14H13NO3.2ClH.2Co.6H2O/c2*1-3-10-16-12(6-1)14-8-5-9-15(18-14)13-7-2-4-11-17-13;2*16-12-7-3-1-5-10(12)9-15-14(18)11-6-2-4-8-13(11)17;;;;;;;;;;/h2*1-11H;2*1-9,14-15,17-18H;2*1H;;;6*1H2/p-2/b;;2*10-9-;;;;;;;;;;. The normalized spacial score (nSPS) is 12.4. The number of aromatic hydroxyl groups is 2. The Hall–Kier alpha value is -8.41. The van der Waals surface area contributed by atoms with Crippen LogP contribution in [0.3, 0.4) is 0 Å². The van der Waals surface area contributed by atoms with Crippen LogP contribution in [0.15, 0.2) is 255 Å². The Bertz CT molecular complexity index is 2960. The Labute approximate surface area is 505 Å². The molecule has 8 aromatic rings. The van der Waals surface area contributed by atoms with Crippen molar-refractivity contribution in [3.63, 3.8) is 0 Å². The molecule has 2 radical (unpaired) electrons. The number of hydrogen-bond donors (Lipinski definition) is 6. The Morgan fingerprint density at radius 3 is 0.866 bits per heavy atom. The van der Waals surface area contributed by atoms with Crippen LogP contribution in [0, 0.1) is 0 Å². The zero-order chi connectivity index (χ0) is 50.3. The Balaban J connectivity index is -0.000000475. The second-order valence-electron chi connectivity index (χ2n) is 15.3. The minimum Gasteiger partial charge on any atom is -1.00 e. The number of phenols is 2. The number of nitrogens with zero attached hydrogens (tertiary/aromatic N) is 6. The Morgan fingerprint density at radius 2 is 0.610 bits per heavy atom. The van der Waals surface area contributed by atoms with Crippen LogP contribution < -0.4 is 35.4 Å². The summed E-state index contributed by atoms with van der Waals surface area (Å²) in [4.78, 5) is 49.2. The number of allylic oxidation sites excluding steroid dienone is 10. The molecule has 24 heteroatoms. The van der Waals surface area contributed by atoms with Crippen LogP contribution in [0.25, 0.3) is 45.6 Å². The molecule has 0 saturated carbocycles. The third-order valence-electron chi connectivity index (χ3n) is 10.3. The molecule has 6 aromatic heterocycles. The second kappa shape index (κ2) is 42.5. The average molecular weight is 1250 g/mol. The molecule has 0 amide bonds. The largest absolute Gasteiger partial charge is 1.00 e. The van der Waals surface area contributed by atoms with Gasteiger partial charge in [0, 0.05) is 93.0 Å². The summed E-state index contributed by atoms with van der Waals surface area (Å²) in [5.41, 5.74) is 8.54. The molecule has 2 atom stereocenters. The van der Waals surface area contributed by atoms with E-state index in [2.05, 4.69) is 40.5 Å². The number of halogens is 2. The molecule has 2 aromatic carbocycles. The van der Waals surface area contributed by atoms with Crippen molar-refractivity contribution in [2.75, 3.05) is 0 Å². The number of rotatable bonds is 10. The van der Waals surface area contributed by atoms with Crippen LogP contribution in [-0.2, 0) is 43.1 Å². The average Bonchev–Trinajstić information content (AvgIpc) is 3.44. The number of carbonyl (C=O) groups is 2. The molecule has 0 aliphatic heterocycles. The van der Waals surface area contributed by atoms with Gasteiger partial charge in [-0.15, -0.1) is 0 Å². The number of aliphatic hydroxyl groups is 2. The molecule has 6 heterocycles. The van der Waals surface area contributed by atoms with Gasteiger partial charge in [0.15, 0.2) is 24.0 Å². The summed E-state index contributed by atoms with van der Waals surface area (Å²) < 4.78 is 0. The zero-order valence-electron chi connectivity index (χ0n) is 43.0. The van der Waals surface area contributed by atoms with E-state index in [0.717, 1.165) is 45.6 Å². The summed E-state index contributed by atoms with van der Waals surface area (Å²) in [5.74, 6) is -0.258. The molecule has 2 aliphatic rings. The van der Waals surface area contributed by atoms with Gasteiger partial charge in [0.2, 0.25) is 0 Å². The molecule has 2 unspecified atom stereocenters. The predicted molar refractivity (Wildman–Crippen MR) is 298 cm³/mol. The number of carbonyl (C=O) groups excluding carboxylic acids is 2. The van der Waals surface area contributed by atoms with Gasteiger partial charge in [-0.1, -0.05) is 97.1 Å². The van der Waals surface area contributed by atoms with Crippen LogP contribution in [0.1, 0.15) is 23.6 Å². The van der Waals surface area contributed by atoms with Gasteiger partial charge in [-0.25, -0.2) is 9.97 Å². The number of ketones is 2. The third-order valence-corrected chi connectivity index (χ3v) is 10.3. The topological polar surface area (TPSA) is 405 Å². The van der Waals surface area contributed by atoms with Gasteiger partial charge in [0.25, 0.3) is 0 Å². The number of benzene rings is 2. The van der Waals surface area contributed by atoms with Crippen molar-refractivity contribution in [1.29, 1.82) is 0 Å². The van der Waals surface area contributed by atoms with E-state index in [9.17, 15) is 30.0 Å². The predicted octanol–water partition coefficient (Wildman–Crippen LogP) is -1.43. The molecule has 20 nitrogen and oxygen atoms in total. The van der Waals surface area contributed by atoms with E-state index in [0.29, 0.717) is 22.3 Å². The molecule has 2 aliphatic carbocycles. The number of aromatic nitrogens is 6. The van der Waals surface area contributed by atoms with Gasteiger partial charge in [-0.05, 0) is 109 Å². The van der Waals surface area contributed by atoms with E-state index >= 15 is 0 Å². The summed E-state index contributed by atoms with van der Waals surface area (Å²) in [7, 11) is 0. The maximum absolute atomic E-state index is 11.4. The van der Waals surface area contributed by atoms with Gasteiger partial charge in [-0.3, -0.25) is 29.5 Å². The smallest absolute Gasteiger partial charge is 0.187 e. The molecule has 10 rings (SSSR count). The van der Waals surface area contributed by atoms with E-state index in [4.69, 9.17) is 0 Å². The van der Waals surface area contributed by atoms with Crippen LogP contribution in [0.5, 0.6) is 11.5 Å². The number of para-hydroxylation sites is 2. The molecular formula is C58H60Cl2Co2N8O12-2. The zero-order valence-corrected chi connectivity index (χ0v) is 46.6. The van der Waals surface area contributed by atoms with E-state index < -0.39 is 12.5 Å². The van der Waals surface area contributed by atoms with Gasteiger partial charge >= 0.3 is 0 Å². The summed E-state index contributed by atoms with van der Waals surface area (Å²) in [6.07, 6.45) is 20.8. The monoisotopic (exact) mass is 1250 g/mol. The van der Waals surface area contributed by atoms with Crippen LogP contribution in [0.2, 0.25) is 0 Å². The van der Waals surface area contributed by atoms with Crippen molar-refractivity contribution in [2.24, 2.45) is 0 Å². The first-order valence-corrected chi connectivity index (χ1v) is 22.5. The first kappa shape index (κ1) is 80.1. The van der Waals surface area contributed by atoms with Crippen molar-refractivity contribution >= 4 is 11.6 Å². The summed E-state index contributed by atoms with van der Waals surface area (Å²) in [5, 5.41) is 44.1. The fourth-order valence-corrected chi connectivity index (χ4v) is 6.65. The molecular weight excluding hydrogens is 1190 g/mol. The fraction of sp³-hybridized carbons (Fsp3) is 0.0345. The van der Waals surface area contributed by atoms with Crippen LogP contribution >= 0.6 is 0 Å². The first-order valence-electron chi connectivity index (χ1n) is 22.5. The van der Waals surface area contributed by atoms with Crippen LogP contribution in [0.4, 0.5) is 0 Å². The van der Waals surface area contributed by atoms with Gasteiger partial charge < -0.3 is 88.7 Å². The third kappa shape index (κ3) is 24.1. The molecule has 0 fully saturated rings. The number of pyridine rings is 6. The maximum atomic E-state index is 11.4. The van der Waals surface area contributed by atoms with E-state index in [1.54, 1.807) is 97.6 Å². The number of phenolic OH excluding ortho intramolecular Hbond substituents is 2. The number of aliphatic hydroxyl groups excluding tert-OH is 2. The van der Waals surface area contributed by atoms with E-state index in [1.165, 1.54) is 36.7 Å². The summed E-state index contributed by atoms with van der Waals surface area (Å²) >= 11 is 0. The van der Waals surface area contributed by atoms with Crippen molar-refractivity contribution in [3.05, 3.63) is 266 Å². The Kier molecular flexibility index (Phi) is 41.5. The minimum atomic E-state index is -1.06. The van der Waals surface area contributed by atoms with Crippen LogP contribution in [-0.4, -0.2) is 94.8 Å². The number of hydrogen-bond acceptors (Lipinski definition) is 14. The van der Waals surface area contributed by atoms with E-state index in [1.807, 2.05) is 109 Å². The van der Waals surface area contributed by atoms with Gasteiger partial charge in [0.05, 0.1) is 45.6 Å².